The first-order valence-corrected chi connectivity index (χ1v) is 8.56. The van der Waals surface area contributed by atoms with Crippen LogP contribution >= 0.6 is 11.3 Å². The van der Waals surface area contributed by atoms with Crippen molar-refractivity contribution in [3.05, 3.63) is 41.3 Å². The monoisotopic (exact) mass is 340 g/mol. The summed E-state index contributed by atoms with van der Waals surface area (Å²) in [5.41, 5.74) is 1.86. The van der Waals surface area contributed by atoms with Gasteiger partial charge in [0.25, 0.3) is 0 Å². The number of hydrogen-bond acceptors (Lipinski definition) is 5. The number of amides is 1. The molecule has 0 saturated heterocycles. The van der Waals surface area contributed by atoms with Crippen LogP contribution < -0.4 is 5.32 Å². The van der Waals surface area contributed by atoms with Gasteiger partial charge in [-0.1, -0.05) is 30.3 Å². The second kappa shape index (κ2) is 6.85. The van der Waals surface area contributed by atoms with Gasteiger partial charge in [0.05, 0.1) is 0 Å². The number of ether oxygens (including phenoxy) is 1. The highest BCUT2D eigenvalue weighted by Gasteiger charge is 2.32. The van der Waals surface area contributed by atoms with Crippen molar-refractivity contribution in [2.75, 3.05) is 5.32 Å². The van der Waals surface area contributed by atoms with Crippen LogP contribution in [0.2, 0.25) is 0 Å². The van der Waals surface area contributed by atoms with E-state index < -0.39 is 12.1 Å². The topological polar surface area (TPSA) is 79.2 Å². The summed E-state index contributed by atoms with van der Waals surface area (Å²) in [5.74, 6) is -0.636. The lowest BCUT2D eigenvalue weighted by Crippen LogP contribution is -2.18. The fraction of sp³-hybridized carbons (Fsp3) is 0.278. The Labute approximate surface area is 143 Å². The Hall–Kier alpha value is -2.65. The standard InChI is InChI=1S/C18H16N2O3S/c1-11(9-19)23-18(22)15-14(12-5-3-2-4-6-12)10-24-17(15)20-16(21)13-7-8-13/h2-6,10-11,13H,7-8H2,1H3,(H,20,21)/t11-/m1/s1. The Morgan fingerprint density at radius 3 is 2.67 bits per heavy atom. The number of esters is 1. The molecule has 1 aromatic carbocycles. The van der Waals surface area contributed by atoms with E-state index in [1.54, 1.807) is 0 Å². The van der Waals surface area contributed by atoms with E-state index in [9.17, 15) is 9.59 Å². The maximum atomic E-state index is 12.5. The third-order valence-electron chi connectivity index (χ3n) is 3.73. The zero-order valence-electron chi connectivity index (χ0n) is 13.1. The lowest BCUT2D eigenvalue weighted by atomic mass is 10.0. The maximum Gasteiger partial charge on any atom is 0.343 e. The summed E-state index contributed by atoms with van der Waals surface area (Å²) in [4.78, 5) is 24.6. The zero-order chi connectivity index (χ0) is 17.1. The summed E-state index contributed by atoms with van der Waals surface area (Å²) in [6, 6.07) is 11.3. The predicted molar refractivity (Wildman–Crippen MR) is 91.6 cm³/mol. The molecule has 1 heterocycles. The van der Waals surface area contributed by atoms with Crippen molar-refractivity contribution in [1.29, 1.82) is 5.26 Å². The Morgan fingerprint density at radius 2 is 2.04 bits per heavy atom. The highest BCUT2D eigenvalue weighted by Crippen LogP contribution is 2.38. The van der Waals surface area contributed by atoms with Crippen LogP contribution in [0.15, 0.2) is 35.7 Å². The molecule has 1 amide bonds. The molecule has 0 radical (unpaired) electrons. The zero-order valence-corrected chi connectivity index (χ0v) is 13.9. The van der Waals surface area contributed by atoms with E-state index in [0.717, 1.165) is 18.4 Å². The molecule has 1 aromatic heterocycles. The number of nitrogens with one attached hydrogen (secondary N) is 1. The van der Waals surface area contributed by atoms with E-state index in [2.05, 4.69) is 5.32 Å². The molecule has 0 spiro atoms. The summed E-state index contributed by atoms with van der Waals surface area (Å²) < 4.78 is 5.16. The van der Waals surface area contributed by atoms with Crippen LogP contribution in [0.25, 0.3) is 11.1 Å². The van der Waals surface area contributed by atoms with Crippen molar-refractivity contribution < 1.29 is 14.3 Å². The fourth-order valence-corrected chi connectivity index (χ4v) is 3.25. The summed E-state index contributed by atoms with van der Waals surface area (Å²) in [6.07, 6.45) is 0.912. The Balaban J connectivity index is 1.96. The molecule has 1 aliphatic carbocycles. The summed E-state index contributed by atoms with van der Waals surface area (Å²) in [7, 11) is 0. The lowest BCUT2D eigenvalue weighted by Gasteiger charge is -2.10. The van der Waals surface area contributed by atoms with Crippen molar-refractivity contribution in [2.45, 2.75) is 25.9 Å². The van der Waals surface area contributed by atoms with Gasteiger partial charge >= 0.3 is 5.97 Å². The van der Waals surface area contributed by atoms with E-state index in [0.29, 0.717) is 16.1 Å². The van der Waals surface area contributed by atoms with Crippen LogP contribution in [0.4, 0.5) is 5.00 Å². The van der Waals surface area contributed by atoms with Gasteiger partial charge in [0.1, 0.15) is 16.6 Å². The van der Waals surface area contributed by atoms with Crippen LogP contribution in [-0.2, 0) is 9.53 Å². The highest BCUT2D eigenvalue weighted by atomic mass is 32.1. The SMILES string of the molecule is C[C@H](C#N)OC(=O)c1c(-c2ccccc2)csc1NC(=O)C1CC1. The molecule has 0 bridgehead atoms. The molecule has 0 unspecified atom stereocenters. The van der Waals surface area contributed by atoms with E-state index in [1.165, 1.54) is 18.3 Å². The smallest absolute Gasteiger partial charge is 0.343 e. The largest absolute Gasteiger partial charge is 0.444 e. The molecule has 2 aromatic rings. The third kappa shape index (κ3) is 3.47. The number of nitrogens with zero attached hydrogens (tertiary/aromatic N) is 1. The van der Waals surface area contributed by atoms with E-state index in [1.807, 2.05) is 41.8 Å². The van der Waals surface area contributed by atoms with Gasteiger partial charge in [0.15, 0.2) is 6.10 Å². The first kappa shape index (κ1) is 16.2. The molecule has 1 N–H and O–H groups in total. The van der Waals surface area contributed by atoms with Gasteiger partial charge in [-0.2, -0.15) is 5.26 Å². The fourth-order valence-electron chi connectivity index (χ4n) is 2.29. The molecular formula is C18H16N2O3S. The molecule has 1 atom stereocenters. The number of carbonyl (C=O) groups is 2. The van der Waals surface area contributed by atoms with Crippen molar-refractivity contribution in [2.24, 2.45) is 5.92 Å². The van der Waals surface area contributed by atoms with Crippen molar-refractivity contribution in [1.82, 2.24) is 0 Å². The molecule has 24 heavy (non-hydrogen) atoms. The summed E-state index contributed by atoms with van der Waals surface area (Å²) >= 11 is 1.29. The van der Waals surface area contributed by atoms with Crippen LogP contribution in [-0.4, -0.2) is 18.0 Å². The van der Waals surface area contributed by atoms with Crippen molar-refractivity contribution in [3.8, 4) is 17.2 Å². The second-order valence-electron chi connectivity index (χ2n) is 5.66. The molecule has 6 heteroatoms. The van der Waals surface area contributed by atoms with Gasteiger partial charge < -0.3 is 10.1 Å². The van der Waals surface area contributed by atoms with Gasteiger partial charge in [0.2, 0.25) is 5.91 Å². The normalized spacial score (nSPS) is 14.5. The van der Waals surface area contributed by atoms with Crippen LogP contribution in [0.1, 0.15) is 30.1 Å². The molecule has 1 fully saturated rings. The summed E-state index contributed by atoms with van der Waals surface area (Å²) in [5, 5.41) is 14.0. The molecule has 1 saturated carbocycles. The van der Waals surface area contributed by atoms with E-state index in [4.69, 9.17) is 10.00 Å². The van der Waals surface area contributed by atoms with Crippen molar-refractivity contribution >= 4 is 28.2 Å². The minimum atomic E-state index is -0.854. The van der Waals surface area contributed by atoms with Gasteiger partial charge in [-0.05, 0) is 25.3 Å². The minimum absolute atomic E-state index is 0.0363. The summed E-state index contributed by atoms with van der Waals surface area (Å²) in [6.45, 7) is 1.51. The highest BCUT2D eigenvalue weighted by molar-refractivity contribution is 7.15. The van der Waals surface area contributed by atoms with Crippen LogP contribution in [0, 0.1) is 17.2 Å². The molecular weight excluding hydrogens is 324 g/mol. The molecule has 1 aliphatic rings. The quantitative estimate of drug-likeness (QED) is 0.839. The lowest BCUT2D eigenvalue weighted by molar-refractivity contribution is -0.117. The van der Waals surface area contributed by atoms with Crippen molar-refractivity contribution in [3.63, 3.8) is 0 Å². The molecule has 122 valence electrons. The van der Waals surface area contributed by atoms with Gasteiger partial charge in [-0.25, -0.2) is 4.79 Å². The Bertz CT molecular complexity index is 803. The minimum Gasteiger partial charge on any atom is -0.444 e. The third-order valence-corrected chi connectivity index (χ3v) is 4.63. The molecule has 3 rings (SSSR count). The number of benzene rings is 1. The Kier molecular flexibility index (Phi) is 4.63. The van der Waals surface area contributed by atoms with Gasteiger partial charge in [0, 0.05) is 16.9 Å². The van der Waals surface area contributed by atoms with E-state index >= 15 is 0 Å². The van der Waals surface area contributed by atoms with E-state index in [-0.39, 0.29) is 11.8 Å². The number of nitriles is 1. The number of anilines is 1. The maximum absolute atomic E-state index is 12.5. The predicted octanol–water partition coefficient (Wildman–Crippen LogP) is 3.83. The number of rotatable bonds is 5. The average molecular weight is 340 g/mol. The van der Waals surface area contributed by atoms with Gasteiger partial charge in [-0.15, -0.1) is 11.3 Å². The van der Waals surface area contributed by atoms with Crippen LogP contribution in [0.5, 0.6) is 0 Å². The number of carbonyl (C=O) groups excluding carboxylic acids is 2. The second-order valence-corrected chi connectivity index (χ2v) is 6.54. The first-order chi connectivity index (χ1) is 11.6. The van der Waals surface area contributed by atoms with Gasteiger partial charge in [-0.3, -0.25) is 4.79 Å². The number of thiophene rings is 1. The Morgan fingerprint density at radius 1 is 1.33 bits per heavy atom. The number of hydrogen-bond donors (Lipinski definition) is 1. The first-order valence-electron chi connectivity index (χ1n) is 7.68. The average Bonchev–Trinajstić information content (AvgIpc) is 3.36. The van der Waals surface area contributed by atoms with Crippen LogP contribution in [0.3, 0.4) is 0 Å². The molecule has 0 aliphatic heterocycles. The molecule has 5 nitrogen and oxygen atoms in total.